The molecule has 2 aromatic heterocycles. The maximum absolute atomic E-state index is 12.0. The van der Waals surface area contributed by atoms with Crippen LogP contribution in [0.15, 0.2) is 52.5 Å². The summed E-state index contributed by atoms with van der Waals surface area (Å²) in [5.74, 6) is 0.499. The van der Waals surface area contributed by atoms with Crippen LogP contribution in [0.1, 0.15) is 32.4 Å². The smallest absolute Gasteiger partial charge is 0.255 e. The predicted octanol–water partition coefficient (Wildman–Crippen LogP) is 3.76. The van der Waals surface area contributed by atoms with E-state index in [1.54, 1.807) is 24.3 Å². The number of nitrogens with one attached hydrogen (secondary N) is 1. The molecule has 5 heteroatoms. The van der Waals surface area contributed by atoms with Gasteiger partial charge in [-0.05, 0) is 25.0 Å². The zero-order chi connectivity index (χ0) is 16.1. The van der Waals surface area contributed by atoms with E-state index >= 15 is 0 Å². The second kappa shape index (κ2) is 7.24. The SMILES string of the molecule is Cc1occc1C(=O)NCc1csc(CCc2ccccc2)n1. The second-order valence-corrected chi connectivity index (χ2v) is 6.23. The average Bonchev–Trinajstić information content (AvgIpc) is 3.20. The molecule has 0 aliphatic carbocycles. The van der Waals surface area contributed by atoms with E-state index in [1.807, 2.05) is 11.4 Å². The lowest BCUT2D eigenvalue weighted by atomic mass is 10.1. The first-order valence-corrected chi connectivity index (χ1v) is 8.40. The molecule has 0 saturated heterocycles. The van der Waals surface area contributed by atoms with Crippen LogP contribution in [0.5, 0.6) is 0 Å². The monoisotopic (exact) mass is 326 g/mol. The standard InChI is InChI=1S/C18H18N2O2S/c1-13-16(9-10-22-13)18(21)19-11-15-12-23-17(20-15)8-7-14-5-3-2-4-6-14/h2-6,9-10,12H,7-8,11H2,1H3,(H,19,21). The molecule has 1 N–H and O–H groups in total. The molecule has 0 spiro atoms. The molecule has 4 nitrogen and oxygen atoms in total. The van der Waals surface area contributed by atoms with Gasteiger partial charge in [-0.25, -0.2) is 4.98 Å². The summed E-state index contributed by atoms with van der Waals surface area (Å²) in [5.41, 5.74) is 2.78. The number of thiazole rings is 1. The summed E-state index contributed by atoms with van der Waals surface area (Å²) >= 11 is 1.64. The maximum Gasteiger partial charge on any atom is 0.255 e. The zero-order valence-corrected chi connectivity index (χ0v) is 13.7. The van der Waals surface area contributed by atoms with E-state index in [4.69, 9.17) is 4.42 Å². The lowest BCUT2D eigenvalue weighted by Gasteiger charge is -2.02. The molecule has 0 saturated carbocycles. The fraction of sp³-hybridized carbons (Fsp3) is 0.222. The van der Waals surface area contributed by atoms with Gasteiger partial charge < -0.3 is 9.73 Å². The first-order valence-electron chi connectivity index (χ1n) is 7.52. The summed E-state index contributed by atoms with van der Waals surface area (Å²) in [6.07, 6.45) is 3.42. The molecule has 0 bridgehead atoms. The van der Waals surface area contributed by atoms with E-state index in [0.29, 0.717) is 17.9 Å². The summed E-state index contributed by atoms with van der Waals surface area (Å²) in [6.45, 7) is 2.21. The lowest BCUT2D eigenvalue weighted by molar-refractivity contribution is 0.0949. The van der Waals surface area contributed by atoms with Gasteiger partial charge in [-0.2, -0.15) is 0 Å². The van der Waals surface area contributed by atoms with Gasteiger partial charge in [-0.3, -0.25) is 4.79 Å². The Morgan fingerprint density at radius 3 is 2.78 bits per heavy atom. The summed E-state index contributed by atoms with van der Waals surface area (Å²) in [5, 5.41) is 5.97. The van der Waals surface area contributed by atoms with Gasteiger partial charge in [-0.15, -0.1) is 11.3 Å². The molecule has 0 fully saturated rings. The molecule has 0 atom stereocenters. The fourth-order valence-corrected chi connectivity index (χ4v) is 3.13. The largest absolute Gasteiger partial charge is 0.469 e. The van der Waals surface area contributed by atoms with Crippen LogP contribution in [0.25, 0.3) is 0 Å². The van der Waals surface area contributed by atoms with Crippen LogP contribution in [-0.2, 0) is 19.4 Å². The Kier molecular flexibility index (Phi) is 4.88. The second-order valence-electron chi connectivity index (χ2n) is 5.29. The number of hydrogen-bond donors (Lipinski definition) is 1. The number of carbonyl (C=O) groups excluding carboxylic acids is 1. The Morgan fingerprint density at radius 1 is 1.22 bits per heavy atom. The van der Waals surface area contributed by atoms with E-state index < -0.39 is 0 Å². The Labute approximate surface area is 139 Å². The van der Waals surface area contributed by atoms with Crippen molar-refractivity contribution in [3.8, 4) is 0 Å². The Hall–Kier alpha value is -2.40. The van der Waals surface area contributed by atoms with Gasteiger partial charge in [0.05, 0.1) is 29.1 Å². The number of nitrogens with zero attached hydrogens (tertiary/aromatic N) is 1. The molecule has 2 heterocycles. The van der Waals surface area contributed by atoms with Gasteiger partial charge in [0.25, 0.3) is 5.91 Å². The number of amides is 1. The molecule has 3 rings (SSSR count). The summed E-state index contributed by atoms with van der Waals surface area (Å²) in [4.78, 5) is 16.6. The number of benzene rings is 1. The van der Waals surface area contributed by atoms with E-state index in [0.717, 1.165) is 23.5 Å². The van der Waals surface area contributed by atoms with Crippen molar-refractivity contribution in [1.82, 2.24) is 10.3 Å². The molecule has 0 unspecified atom stereocenters. The Morgan fingerprint density at radius 2 is 2.04 bits per heavy atom. The molecule has 118 valence electrons. The molecule has 0 radical (unpaired) electrons. The van der Waals surface area contributed by atoms with Crippen molar-refractivity contribution in [3.05, 3.63) is 75.6 Å². The third-order valence-electron chi connectivity index (χ3n) is 3.60. The van der Waals surface area contributed by atoms with Crippen molar-refractivity contribution >= 4 is 17.2 Å². The molecule has 0 aliphatic rings. The molecule has 1 aromatic carbocycles. The van der Waals surface area contributed by atoms with E-state index in [1.165, 1.54) is 11.8 Å². The summed E-state index contributed by atoms with van der Waals surface area (Å²) < 4.78 is 5.14. The van der Waals surface area contributed by atoms with Gasteiger partial charge in [-0.1, -0.05) is 30.3 Å². The highest BCUT2D eigenvalue weighted by Crippen LogP contribution is 2.14. The predicted molar refractivity (Wildman–Crippen MR) is 90.6 cm³/mol. The van der Waals surface area contributed by atoms with Crippen molar-refractivity contribution in [3.63, 3.8) is 0 Å². The highest BCUT2D eigenvalue weighted by molar-refractivity contribution is 7.09. The lowest BCUT2D eigenvalue weighted by Crippen LogP contribution is -2.23. The van der Waals surface area contributed by atoms with E-state index in [9.17, 15) is 4.79 Å². The van der Waals surface area contributed by atoms with Gasteiger partial charge in [0.1, 0.15) is 5.76 Å². The van der Waals surface area contributed by atoms with Gasteiger partial charge in [0.15, 0.2) is 0 Å². The third kappa shape index (κ3) is 4.07. The van der Waals surface area contributed by atoms with Crippen molar-refractivity contribution in [2.75, 3.05) is 0 Å². The summed E-state index contributed by atoms with van der Waals surface area (Å²) in [6, 6.07) is 12.1. The molecular weight excluding hydrogens is 308 g/mol. The van der Waals surface area contributed by atoms with Crippen molar-refractivity contribution in [2.24, 2.45) is 0 Å². The highest BCUT2D eigenvalue weighted by atomic mass is 32.1. The Bertz CT molecular complexity index is 777. The van der Waals surface area contributed by atoms with Crippen LogP contribution in [-0.4, -0.2) is 10.9 Å². The van der Waals surface area contributed by atoms with Crippen LogP contribution in [0, 0.1) is 6.92 Å². The van der Waals surface area contributed by atoms with Gasteiger partial charge in [0.2, 0.25) is 0 Å². The Balaban J connectivity index is 1.51. The molecule has 1 amide bonds. The van der Waals surface area contributed by atoms with Crippen molar-refractivity contribution < 1.29 is 9.21 Å². The normalized spacial score (nSPS) is 10.7. The van der Waals surface area contributed by atoms with Crippen molar-refractivity contribution in [2.45, 2.75) is 26.3 Å². The van der Waals surface area contributed by atoms with Crippen LogP contribution >= 0.6 is 11.3 Å². The number of hydrogen-bond acceptors (Lipinski definition) is 4. The molecular formula is C18H18N2O2S. The minimum absolute atomic E-state index is 0.130. The molecule has 23 heavy (non-hydrogen) atoms. The zero-order valence-electron chi connectivity index (χ0n) is 12.9. The van der Waals surface area contributed by atoms with Crippen LogP contribution in [0.3, 0.4) is 0 Å². The number of furan rings is 1. The topological polar surface area (TPSA) is 55.1 Å². The van der Waals surface area contributed by atoms with Gasteiger partial charge in [0, 0.05) is 11.8 Å². The highest BCUT2D eigenvalue weighted by Gasteiger charge is 2.11. The minimum atomic E-state index is -0.130. The minimum Gasteiger partial charge on any atom is -0.469 e. The van der Waals surface area contributed by atoms with Crippen molar-refractivity contribution in [1.29, 1.82) is 0 Å². The number of rotatable bonds is 6. The van der Waals surface area contributed by atoms with Crippen LogP contribution in [0.2, 0.25) is 0 Å². The fourth-order valence-electron chi connectivity index (χ4n) is 2.33. The van der Waals surface area contributed by atoms with Crippen LogP contribution in [0.4, 0.5) is 0 Å². The quantitative estimate of drug-likeness (QED) is 0.750. The first kappa shape index (κ1) is 15.5. The number of carbonyl (C=O) groups is 1. The molecule has 0 aliphatic heterocycles. The maximum atomic E-state index is 12.0. The first-order chi connectivity index (χ1) is 11.2. The van der Waals surface area contributed by atoms with E-state index in [2.05, 4.69) is 34.6 Å². The van der Waals surface area contributed by atoms with Crippen LogP contribution < -0.4 is 5.32 Å². The average molecular weight is 326 g/mol. The number of aromatic nitrogens is 1. The van der Waals surface area contributed by atoms with Gasteiger partial charge >= 0.3 is 0 Å². The number of aryl methyl sites for hydroxylation is 3. The van der Waals surface area contributed by atoms with E-state index in [-0.39, 0.29) is 5.91 Å². The third-order valence-corrected chi connectivity index (χ3v) is 4.56. The molecule has 3 aromatic rings. The summed E-state index contributed by atoms with van der Waals surface area (Å²) in [7, 11) is 0.